The van der Waals surface area contributed by atoms with Gasteiger partial charge in [0.2, 0.25) is 0 Å². The van der Waals surface area contributed by atoms with Crippen LogP contribution in [0, 0.1) is 17.3 Å². The van der Waals surface area contributed by atoms with Crippen molar-refractivity contribution in [1.82, 2.24) is 5.32 Å². The van der Waals surface area contributed by atoms with Crippen molar-refractivity contribution < 1.29 is 4.74 Å². The van der Waals surface area contributed by atoms with Crippen molar-refractivity contribution >= 4 is 0 Å². The van der Waals surface area contributed by atoms with Crippen LogP contribution < -0.4 is 5.32 Å². The van der Waals surface area contributed by atoms with Crippen molar-refractivity contribution in [3.05, 3.63) is 0 Å². The molecular formula is C14H29NO. The fraction of sp³-hybridized carbons (Fsp3) is 1.00. The van der Waals surface area contributed by atoms with Gasteiger partial charge in [-0.25, -0.2) is 0 Å². The molecule has 1 aliphatic rings. The molecule has 1 saturated heterocycles. The monoisotopic (exact) mass is 227 g/mol. The summed E-state index contributed by atoms with van der Waals surface area (Å²) in [5.41, 5.74) is 0.288. The number of rotatable bonds is 3. The van der Waals surface area contributed by atoms with E-state index in [0.717, 1.165) is 6.54 Å². The molecule has 1 N–H and O–H groups in total. The number of ether oxygens (including phenoxy) is 1. The fourth-order valence-electron chi connectivity index (χ4n) is 3.11. The summed E-state index contributed by atoms with van der Waals surface area (Å²) in [5.74, 6) is 1.26. The third kappa shape index (κ3) is 2.78. The smallest absolute Gasteiger partial charge is 0.0597 e. The number of hydrogen-bond donors (Lipinski definition) is 1. The molecule has 0 spiro atoms. The maximum atomic E-state index is 5.97. The van der Waals surface area contributed by atoms with E-state index in [9.17, 15) is 0 Å². The van der Waals surface area contributed by atoms with Crippen molar-refractivity contribution in [3.8, 4) is 0 Å². The largest absolute Gasteiger partial charge is 0.375 e. The molecule has 2 nitrogen and oxygen atoms in total. The minimum atomic E-state index is 0.288. The normalized spacial score (nSPS) is 37.7. The zero-order valence-electron chi connectivity index (χ0n) is 12.0. The summed E-state index contributed by atoms with van der Waals surface area (Å²) >= 11 is 0. The van der Waals surface area contributed by atoms with E-state index in [-0.39, 0.29) is 5.41 Å². The first-order chi connectivity index (χ1) is 7.29. The molecule has 2 heteroatoms. The Labute approximate surface area is 101 Å². The predicted molar refractivity (Wildman–Crippen MR) is 69.6 cm³/mol. The van der Waals surface area contributed by atoms with E-state index in [1.165, 1.54) is 0 Å². The van der Waals surface area contributed by atoms with Crippen molar-refractivity contribution in [2.24, 2.45) is 17.3 Å². The fourth-order valence-corrected chi connectivity index (χ4v) is 3.11. The second kappa shape index (κ2) is 5.05. The lowest BCUT2D eigenvalue weighted by molar-refractivity contribution is 0.0404. The molecule has 0 saturated carbocycles. The lowest BCUT2D eigenvalue weighted by atomic mass is 9.72. The molecule has 5 unspecified atom stereocenters. The average molecular weight is 227 g/mol. The first-order valence-electron chi connectivity index (χ1n) is 6.67. The molecule has 16 heavy (non-hydrogen) atoms. The SMILES string of the molecule is CCNC(C1C(C)OC(C)C1C)C(C)(C)C. The van der Waals surface area contributed by atoms with Gasteiger partial charge in [-0.3, -0.25) is 0 Å². The molecule has 0 aromatic carbocycles. The van der Waals surface area contributed by atoms with E-state index >= 15 is 0 Å². The van der Waals surface area contributed by atoms with Gasteiger partial charge in [-0.2, -0.15) is 0 Å². The van der Waals surface area contributed by atoms with Crippen molar-refractivity contribution in [2.75, 3.05) is 6.54 Å². The highest BCUT2D eigenvalue weighted by Crippen LogP contribution is 2.39. The summed E-state index contributed by atoms with van der Waals surface area (Å²) in [5, 5.41) is 3.67. The van der Waals surface area contributed by atoms with E-state index in [4.69, 9.17) is 4.74 Å². The van der Waals surface area contributed by atoms with Crippen LogP contribution in [0.15, 0.2) is 0 Å². The molecule has 0 aromatic heterocycles. The number of nitrogens with one attached hydrogen (secondary N) is 1. The maximum absolute atomic E-state index is 5.97. The zero-order valence-corrected chi connectivity index (χ0v) is 12.0. The zero-order chi connectivity index (χ0) is 12.5. The Kier molecular flexibility index (Phi) is 4.42. The van der Waals surface area contributed by atoms with E-state index in [1.807, 2.05) is 0 Å². The highest BCUT2D eigenvalue weighted by molar-refractivity contribution is 4.96. The third-order valence-corrected chi connectivity index (χ3v) is 4.06. The van der Waals surface area contributed by atoms with Crippen LogP contribution in [-0.4, -0.2) is 24.8 Å². The van der Waals surface area contributed by atoms with Gasteiger partial charge in [0.15, 0.2) is 0 Å². The third-order valence-electron chi connectivity index (χ3n) is 4.06. The van der Waals surface area contributed by atoms with E-state index in [1.54, 1.807) is 0 Å². The van der Waals surface area contributed by atoms with Gasteiger partial charge in [0.1, 0.15) is 0 Å². The van der Waals surface area contributed by atoms with E-state index < -0.39 is 0 Å². The molecule has 0 aromatic rings. The lowest BCUT2D eigenvalue weighted by Gasteiger charge is -2.39. The summed E-state index contributed by atoms with van der Waals surface area (Å²) in [4.78, 5) is 0. The van der Waals surface area contributed by atoms with Gasteiger partial charge in [0.05, 0.1) is 12.2 Å². The molecule has 5 atom stereocenters. The van der Waals surface area contributed by atoms with Crippen LogP contribution in [0.5, 0.6) is 0 Å². The van der Waals surface area contributed by atoms with Gasteiger partial charge in [0, 0.05) is 12.0 Å². The molecule has 0 amide bonds. The van der Waals surface area contributed by atoms with Gasteiger partial charge in [-0.05, 0) is 31.7 Å². The first-order valence-corrected chi connectivity index (χ1v) is 6.67. The Morgan fingerprint density at radius 2 is 1.69 bits per heavy atom. The highest BCUT2D eigenvalue weighted by Gasteiger charge is 2.45. The molecule has 1 fully saturated rings. The summed E-state index contributed by atoms with van der Waals surface area (Å²) in [6, 6.07) is 0.535. The molecule has 0 bridgehead atoms. The van der Waals surface area contributed by atoms with Crippen LogP contribution in [0.3, 0.4) is 0 Å². The van der Waals surface area contributed by atoms with Gasteiger partial charge in [-0.1, -0.05) is 34.6 Å². The van der Waals surface area contributed by atoms with Gasteiger partial charge in [0.25, 0.3) is 0 Å². The second-order valence-corrected chi connectivity index (χ2v) is 6.38. The standard InChI is InChI=1S/C14H29NO/c1-8-15-13(14(5,6)7)12-9(2)10(3)16-11(12)4/h9-13,15H,8H2,1-7H3. The summed E-state index contributed by atoms with van der Waals surface area (Å²) in [7, 11) is 0. The molecule has 1 aliphatic heterocycles. The van der Waals surface area contributed by atoms with Crippen LogP contribution in [0.1, 0.15) is 48.5 Å². The Balaban J connectivity index is 2.86. The van der Waals surface area contributed by atoms with Gasteiger partial charge >= 0.3 is 0 Å². The lowest BCUT2D eigenvalue weighted by Crippen LogP contribution is -2.49. The van der Waals surface area contributed by atoms with Gasteiger partial charge < -0.3 is 10.1 Å². The van der Waals surface area contributed by atoms with E-state index in [0.29, 0.717) is 30.1 Å². The second-order valence-electron chi connectivity index (χ2n) is 6.38. The summed E-state index contributed by atoms with van der Waals surface area (Å²) in [6.07, 6.45) is 0.761. The molecular weight excluding hydrogens is 198 g/mol. The Bertz CT molecular complexity index is 221. The van der Waals surface area contributed by atoms with Crippen LogP contribution in [0.2, 0.25) is 0 Å². The Morgan fingerprint density at radius 1 is 1.12 bits per heavy atom. The molecule has 96 valence electrons. The quantitative estimate of drug-likeness (QED) is 0.800. The van der Waals surface area contributed by atoms with Crippen molar-refractivity contribution in [1.29, 1.82) is 0 Å². The molecule has 0 radical (unpaired) electrons. The van der Waals surface area contributed by atoms with Crippen LogP contribution >= 0.6 is 0 Å². The van der Waals surface area contributed by atoms with Gasteiger partial charge in [-0.15, -0.1) is 0 Å². The van der Waals surface area contributed by atoms with Crippen molar-refractivity contribution in [2.45, 2.75) is 66.7 Å². The number of hydrogen-bond acceptors (Lipinski definition) is 2. The topological polar surface area (TPSA) is 21.3 Å². The summed E-state index contributed by atoms with van der Waals surface area (Å²) < 4.78 is 5.97. The predicted octanol–water partition coefficient (Wildman–Crippen LogP) is 3.07. The minimum absolute atomic E-state index is 0.288. The highest BCUT2D eigenvalue weighted by atomic mass is 16.5. The Hall–Kier alpha value is -0.0800. The molecule has 1 rings (SSSR count). The first kappa shape index (κ1) is 14.0. The van der Waals surface area contributed by atoms with Crippen LogP contribution in [0.25, 0.3) is 0 Å². The van der Waals surface area contributed by atoms with Crippen LogP contribution in [-0.2, 0) is 4.74 Å². The Morgan fingerprint density at radius 3 is 2.00 bits per heavy atom. The molecule has 1 heterocycles. The average Bonchev–Trinajstić information content (AvgIpc) is 2.37. The van der Waals surface area contributed by atoms with Crippen molar-refractivity contribution in [3.63, 3.8) is 0 Å². The molecule has 0 aliphatic carbocycles. The maximum Gasteiger partial charge on any atom is 0.0597 e. The summed E-state index contributed by atoms with van der Waals surface area (Å²) in [6.45, 7) is 16.9. The van der Waals surface area contributed by atoms with E-state index in [2.05, 4.69) is 53.8 Å². The van der Waals surface area contributed by atoms with Crippen LogP contribution in [0.4, 0.5) is 0 Å². The minimum Gasteiger partial charge on any atom is -0.375 e.